The minimum atomic E-state index is -0.527. The van der Waals surface area contributed by atoms with Gasteiger partial charge in [0.1, 0.15) is 0 Å². The van der Waals surface area contributed by atoms with E-state index < -0.39 is 6.10 Å². The van der Waals surface area contributed by atoms with Gasteiger partial charge in [-0.1, -0.05) is 6.92 Å². The standard InChI is InChI=1S/C13H17N3O2/c1-3-10-7-11-5-4-6-14-12(11)16(13(10)18)15-8-9(2)17/h4-7,9,15,17H,3,8H2,1-2H3. The second-order valence-corrected chi connectivity index (χ2v) is 4.29. The quantitative estimate of drug-likeness (QED) is 0.841. The number of aliphatic hydroxyl groups excluding tert-OH is 1. The van der Waals surface area contributed by atoms with Crippen LogP contribution in [0.5, 0.6) is 0 Å². The lowest BCUT2D eigenvalue weighted by Crippen LogP contribution is -2.35. The number of nitrogens with one attached hydrogen (secondary N) is 1. The van der Waals surface area contributed by atoms with Crippen LogP contribution < -0.4 is 11.0 Å². The smallest absolute Gasteiger partial charge is 0.273 e. The van der Waals surface area contributed by atoms with Gasteiger partial charge in [-0.25, -0.2) is 9.66 Å². The highest BCUT2D eigenvalue weighted by molar-refractivity contribution is 5.75. The lowest BCUT2D eigenvalue weighted by molar-refractivity contribution is 0.204. The molecule has 0 aliphatic carbocycles. The normalized spacial score (nSPS) is 12.6. The van der Waals surface area contributed by atoms with Crippen molar-refractivity contribution in [3.63, 3.8) is 0 Å². The summed E-state index contributed by atoms with van der Waals surface area (Å²) in [5.41, 5.74) is 4.13. The van der Waals surface area contributed by atoms with E-state index in [1.54, 1.807) is 13.1 Å². The first-order chi connectivity index (χ1) is 8.63. The molecule has 0 aromatic carbocycles. The van der Waals surface area contributed by atoms with Crippen LogP contribution in [-0.4, -0.2) is 27.4 Å². The van der Waals surface area contributed by atoms with Gasteiger partial charge < -0.3 is 10.5 Å². The molecule has 2 rings (SSSR count). The third kappa shape index (κ3) is 2.36. The van der Waals surface area contributed by atoms with Gasteiger partial charge >= 0.3 is 0 Å². The first-order valence-electron chi connectivity index (χ1n) is 6.05. The molecule has 2 aromatic rings. The molecule has 0 aliphatic rings. The number of aromatic nitrogens is 2. The van der Waals surface area contributed by atoms with Crippen LogP contribution in [0.1, 0.15) is 19.4 Å². The molecule has 0 fully saturated rings. The molecule has 0 radical (unpaired) electrons. The van der Waals surface area contributed by atoms with Crippen LogP contribution >= 0.6 is 0 Å². The zero-order valence-electron chi connectivity index (χ0n) is 10.6. The van der Waals surface area contributed by atoms with Gasteiger partial charge in [0.05, 0.1) is 12.6 Å². The summed E-state index contributed by atoms with van der Waals surface area (Å²) in [6.07, 6.45) is 1.79. The van der Waals surface area contributed by atoms with Crippen molar-refractivity contribution in [2.24, 2.45) is 0 Å². The Hall–Kier alpha value is -1.88. The number of aliphatic hydroxyl groups is 1. The van der Waals surface area contributed by atoms with E-state index in [1.165, 1.54) is 4.68 Å². The molecule has 5 heteroatoms. The highest BCUT2D eigenvalue weighted by Crippen LogP contribution is 2.09. The van der Waals surface area contributed by atoms with Crippen LogP contribution in [0.2, 0.25) is 0 Å². The topological polar surface area (TPSA) is 67.2 Å². The van der Waals surface area contributed by atoms with Crippen LogP contribution in [0, 0.1) is 0 Å². The Balaban J connectivity index is 2.59. The average Bonchev–Trinajstić information content (AvgIpc) is 2.36. The van der Waals surface area contributed by atoms with E-state index in [9.17, 15) is 9.90 Å². The zero-order valence-corrected chi connectivity index (χ0v) is 10.6. The van der Waals surface area contributed by atoms with Gasteiger partial charge in [-0.3, -0.25) is 4.79 Å². The van der Waals surface area contributed by atoms with Gasteiger partial charge in [-0.05, 0) is 31.5 Å². The lowest BCUT2D eigenvalue weighted by Gasteiger charge is -2.14. The number of aryl methyl sites for hydroxylation is 1. The lowest BCUT2D eigenvalue weighted by atomic mass is 10.2. The molecule has 18 heavy (non-hydrogen) atoms. The minimum absolute atomic E-state index is 0.107. The largest absolute Gasteiger partial charge is 0.392 e. The van der Waals surface area contributed by atoms with E-state index in [0.29, 0.717) is 18.6 Å². The Labute approximate surface area is 105 Å². The molecule has 0 saturated carbocycles. The number of hydrogen-bond acceptors (Lipinski definition) is 4. The molecule has 1 atom stereocenters. The molecule has 0 saturated heterocycles. The summed E-state index contributed by atoms with van der Waals surface area (Å²) in [7, 11) is 0. The molecule has 2 heterocycles. The first kappa shape index (κ1) is 12.6. The minimum Gasteiger partial charge on any atom is -0.392 e. The van der Waals surface area contributed by atoms with Crippen molar-refractivity contribution in [2.75, 3.05) is 12.0 Å². The summed E-state index contributed by atoms with van der Waals surface area (Å²) in [5, 5.41) is 10.2. The van der Waals surface area contributed by atoms with Gasteiger partial charge in [0.2, 0.25) is 0 Å². The van der Waals surface area contributed by atoms with Gasteiger partial charge in [-0.15, -0.1) is 0 Å². The van der Waals surface area contributed by atoms with Crippen molar-refractivity contribution in [3.8, 4) is 0 Å². The van der Waals surface area contributed by atoms with Crippen LogP contribution in [0.15, 0.2) is 29.2 Å². The van der Waals surface area contributed by atoms with Crippen molar-refractivity contribution in [3.05, 3.63) is 40.3 Å². The number of fused-ring (bicyclic) bond motifs is 1. The SMILES string of the molecule is CCc1cc2cccnc2n(NCC(C)O)c1=O. The first-order valence-corrected chi connectivity index (χ1v) is 6.05. The van der Waals surface area contributed by atoms with Crippen LogP contribution in [-0.2, 0) is 6.42 Å². The van der Waals surface area contributed by atoms with E-state index in [0.717, 1.165) is 10.9 Å². The maximum atomic E-state index is 12.2. The van der Waals surface area contributed by atoms with E-state index in [4.69, 9.17) is 0 Å². The monoisotopic (exact) mass is 247 g/mol. The van der Waals surface area contributed by atoms with Crippen molar-refractivity contribution >= 4 is 11.0 Å². The molecular weight excluding hydrogens is 230 g/mol. The van der Waals surface area contributed by atoms with Crippen molar-refractivity contribution in [1.82, 2.24) is 9.66 Å². The summed E-state index contributed by atoms with van der Waals surface area (Å²) in [5.74, 6) is 0. The van der Waals surface area contributed by atoms with Crippen molar-refractivity contribution in [1.29, 1.82) is 0 Å². The van der Waals surface area contributed by atoms with Crippen LogP contribution in [0.4, 0.5) is 0 Å². The zero-order chi connectivity index (χ0) is 13.1. The summed E-state index contributed by atoms with van der Waals surface area (Å²) >= 11 is 0. The fourth-order valence-corrected chi connectivity index (χ4v) is 1.82. The maximum Gasteiger partial charge on any atom is 0.273 e. The summed E-state index contributed by atoms with van der Waals surface area (Å²) in [6.45, 7) is 3.91. The number of hydrogen-bond donors (Lipinski definition) is 2. The molecule has 2 aromatic heterocycles. The predicted molar refractivity (Wildman–Crippen MR) is 71.3 cm³/mol. The van der Waals surface area contributed by atoms with Gasteiger partial charge in [0.25, 0.3) is 5.56 Å². The molecule has 0 amide bonds. The third-order valence-electron chi connectivity index (χ3n) is 2.76. The molecule has 0 spiro atoms. The Bertz CT molecular complexity index is 605. The van der Waals surface area contributed by atoms with E-state index in [-0.39, 0.29) is 5.56 Å². The summed E-state index contributed by atoms with van der Waals surface area (Å²) in [4.78, 5) is 16.4. The Morgan fingerprint density at radius 2 is 2.33 bits per heavy atom. The average molecular weight is 247 g/mol. The second kappa shape index (κ2) is 5.18. The Kier molecular flexibility index (Phi) is 3.62. The predicted octanol–water partition coefficient (Wildman–Crippen LogP) is 0.883. The van der Waals surface area contributed by atoms with Crippen LogP contribution in [0.3, 0.4) is 0 Å². The molecule has 0 aliphatic heterocycles. The highest BCUT2D eigenvalue weighted by atomic mass is 16.3. The molecule has 96 valence electrons. The Morgan fingerprint density at radius 3 is 3.00 bits per heavy atom. The van der Waals surface area contributed by atoms with E-state index >= 15 is 0 Å². The van der Waals surface area contributed by atoms with Gasteiger partial charge in [-0.2, -0.15) is 0 Å². The van der Waals surface area contributed by atoms with E-state index in [2.05, 4.69) is 10.4 Å². The van der Waals surface area contributed by atoms with Gasteiger partial charge in [0.15, 0.2) is 5.65 Å². The Morgan fingerprint density at radius 1 is 1.56 bits per heavy atom. The molecule has 1 unspecified atom stereocenters. The molecule has 5 nitrogen and oxygen atoms in total. The van der Waals surface area contributed by atoms with Crippen molar-refractivity contribution < 1.29 is 5.11 Å². The highest BCUT2D eigenvalue weighted by Gasteiger charge is 2.09. The third-order valence-corrected chi connectivity index (χ3v) is 2.76. The molecular formula is C13H17N3O2. The number of pyridine rings is 2. The van der Waals surface area contributed by atoms with Crippen molar-refractivity contribution in [2.45, 2.75) is 26.4 Å². The van der Waals surface area contributed by atoms with Gasteiger partial charge in [0, 0.05) is 17.1 Å². The number of nitrogens with zero attached hydrogens (tertiary/aromatic N) is 2. The molecule has 0 bridgehead atoms. The van der Waals surface area contributed by atoms with Crippen LogP contribution in [0.25, 0.3) is 11.0 Å². The van der Waals surface area contributed by atoms with E-state index in [1.807, 2.05) is 25.1 Å². The maximum absolute atomic E-state index is 12.2. The summed E-state index contributed by atoms with van der Waals surface area (Å²) in [6, 6.07) is 5.62. The summed E-state index contributed by atoms with van der Waals surface area (Å²) < 4.78 is 1.42. The second-order valence-electron chi connectivity index (χ2n) is 4.29. The fourth-order valence-electron chi connectivity index (χ4n) is 1.82. The fraction of sp³-hybridized carbons (Fsp3) is 0.385. The molecule has 2 N–H and O–H groups in total. The number of rotatable bonds is 4.